The van der Waals surface area contributed by atoms with Crippen LogP contribution in [0.2, 0.25) is 0 Å². The van der Waals surface area contributed by atoms with Gasteiger partial charge in [-0.2, -0.15) is 0 Å². The molecule has 1 fully saturated rings. The summed E-state index contributed by atoms with van der Waals surface area (Å²) in [6.07, 6.45) is 0. The molecule has 29 heavy (non-hydrogen) atoms. The highest BCUT2D eigenvalue weighted by Gasteiger charge is 2.24. The third kappa shape index (κ3) is 3.81. The van der Waals surface area contributed by atoms with E-state index in [4.69, 9.17) is 18.9 Å². The predicted octanol–water partition coefficient (Wildman–Crippen LogP) is 2.28. The first-order valence-electron chi connectivity index (χ1n) is 9.99. The van der Waals surface area contributed by atoms with Gasteiger partial charge in [-0.25, -0.2) is 0 Å². The fourth-order valence-corrected chi connectivity index (χ4v) is 3.99. The van der Waals surface area contributed by atoms with Gasteiger partial charge in [0, 0.05) is 37.4 Å². The number of morpholine rings is 1. The lowest BCUT2D eigenvalue weighted by molar-refractivity contribution is -0.123. The van der Waals surface area contributed by atoms with Crippen LogP contribution >= 0.6 is 0 Å². The largest absolute Gasteiger partial charge is 0.454 e. The van der Waals surface area contributed by atoms with Gasteiger partial charge < -0.3 is 23.8 Å². The molecule has 3 heterocycles. The lowest BCUT2D eigenvalue weighted by Gasteiger charge is -2.30. The second kappa shape index (κ2) is 8.02. The van der Waals surface area contributed by atoms with Gasteiger partial charge in [-0.3, -0.25) is 9.69 Å². The van der Waals surface area contributed by atoms with E-state index in [0.29, 0.717) is 13.2 Å². The van der Waals surface area contributed by atoms with Crippen LogP contribution in [0.4, 0.5) is 5.69 Å². The van der Waals surface area contributed by atoms with Gasteiger partial charge in [-0.05, 0) is 35.4 Å². The van der Waals surface area contributed by atoms with Crippen LogP contribution in [0.3, 0.4) is 0 Å². The lowest BCUT2D eigenvalue weighted by atomic mass is 10.0. The Kier molecular flexibility index (Phi) is 5.10. The Morgan fingerprint density at radius 1 is 0.828 bits per heavy atom. The summed E-state index contributed by atoms with van der Waals surface area (Å²) in [4.78, 5) is 16.9. The molecule has 0 aromatic heterocycles. The number of ether oxygens (including phenoxy) is 4. The third-order valence-corrected chi connectivity index (χ3v) is 5.60. The molecule has 152 valence electrons. The van der Waals surface area contributed by atoms with E-state index in [-0.39, 0.29) is 19.3 Å². The Morgan fingerprint density at radius 3 is 2.52 bits per heavy atom. The minimum absolute atomic E-state index is 0.00726. The molecule has 3 aliphatic rings. The molecule has 0 aliphatic carbocycles. The second-order valence-corrected chi connectivity index (χ2v) is 7.40. The maximum atomic E-state index is 12.7. The molecule has 0 saturated carbocycles. The zero-order valence-electron chi connectivity index (χ0n) is 16.3. The zero-order valence-corrected chi connectivity index (χ0v) is 16.3. The quantitative estimate of drug-likeness (QED) is 0.790. The maximum Gasteiger partial charge on any atom is 0.253 e. The molecule has 0 radical (unpaired) electrons. The summed E-state index contributed by atoms with van der Waals surface area (Å²) in [7, 11) is 0. The summed E-state index contributed by atoms with van der Waals surface area (Å²) in [5.74, 6) is 1.54. The van der Waals surface area contributed by atoms with Crippen LogP contribution in [-0.2, 0) is 20.9 Å². The van der Waals surface area contributed by atoms with Crippen molar-refractivity contribution in [2.24, 2.45) is 0 Å². The summed E-state index contributed by atoms with van der Waals surface area (Å²) < 4.78 is 22.0. The summed E-state index contributed by atoms with van der Waals surface area (Å²) in [6.45, 7) is 5.61. The van der Waals surface area contributed by atoms with Gasteiger partial charge in [0.1, 0.15) is 6.61 Å². The molecule has 7 nitrogen and oxygen atoms in total. The highest BCUT2D eigenvalue weighted by Crippen LogP contribution is 2.37. The Morgan fingerprint density at radius 2 is 1.62 bits per heavy atom. The highest BCUT2D eigenvalue weighted by atomic mass is 16.7. The summed E-state index contributed by atoms with van der Waals surface area (Å²) in [5.41, 5.74) is 4.07. The minimum Gasteiger partial charge on any atom is -0.454 e. The van der Waals surface area contributed by atoms with E-state index >= 15 is 0 Å². The van der Waals surface area contributed by atoms with Crippen LogP contribution in [0.1, 0.15) is 5.56 Å². The number of amides is 1. The van der Waals surface area contributed by atoms with Crippen LogP contribution in [0, 0.1) is 0 Å². The topological polar surface area (TPSA) is 60.5 Å². The molecular formula is C22H24N2O5. The zero-order chi connectivity index (χ0) is 19.6. The normalized spacial score (nSPS) is 19.2. The number of rotatable bonds is 4. The smallest absolute Gasteiger partial charge is 0.253 e. The first-order valence-corrected chi connectivity index (χ1v) is 9.99. The molecule has 7 heteroatoms. The minimum atomic E-state index is 0.00726. The first kappa shape index (κ1) is 18.4. The van der Waals surface area contributed by atoms with Crippen molar-refractivity contribution in [2.45, 2.75) is 6.61 Å². The third-order valence-electron chi connectivity index (χ3n) is 5.60. The van der Waals surface area contributed by atoms with E-state index in [1.165, 1.54) is 0 Å². The Bertz CT molecular complexity index is 910. The number of anilines is 1. The highest BCUT2D eigenvalue weighted by molar-refractivity contribution is 5.96. The van der Waals surface area contributed by atoms with Crippen molar-refractivity contribution in [2.75, 3.05) is 57.7 Å². The van der Waals surface area contributed by atoms with Crippen LogP contribution < -0.4 is 14.4 Å². The molecular weight excluding hydrogens is 372 g/mol. The molecule has 1 amide bonds. The van der Waals surface area contributed by atoms with Crippen LogP contribution in [-0.4, -0.2) is 63.6 Å². The van der Waals surface area contributed by atoms with Crippen LogP contribution in [0.15, 0.2) is 36.4 Å². The molecule has 5 rings (SSSR count). The molecule has 2 aromatic rings. The van der Waals surface area contributed by atoms with Gasteiger partial charge in [-0.15, -0.1) is 0 Å². The second-order valence-electron chi connectivity index (χ2n) is 7.40. The number of benzene rings is 2. The Balaban J connectivity index is 1.39. The average Bonchev–Trinajstić information content (AvgIpc) is 3.17. The Hall–Kier alpha value is -2.61. The van der Waals surface area contributed by atoms with Crippen LogP contribution in [0.5, 0.6) is 11.5 Å². The van der Waals surface area contributed by atoms with E-state index in [9.17, 15) is 4.79 Å². The average molecular weight is 396 g/mol. The number of nitrogens with zero attached hydrogens (tertiary/aromatic N) is 2. The monoisotopic (exact) mass is 396 g/mol. The maximum absolute atomic E-state index is 12.7. The van der Waals surface area contributed by atoms with Crippen LogP contribution in [0.25, 0.3) is 11.1 Å². The van der Waals surface area contributed by atoms with Gasteiger partial charge in [0.15, 0.2) is 11.5 Å². The fraction of sp³-hybridized carbons (Fsp3) is 0.409. The SMILES string of the molecule is O=C1COCc2cc(-c3ccc4c(c3)OCO4)ccc2N1CCN1CCOCC1. The number of hydrogen-bond acceptors (Lipinski definition) is 6. The van der Waals surface area contributed by atoms with E-state index in [1.54, 1.807) is 0 Å². The van der Waals surface area contributed by atoms with Gasteiger partial charge in [0.25, 0.3) is 5.91 Å². The molecule has 0 atom stereocenters. The van der Waals surface area contributed by atoms with E-state index in [1.807, 2.05) is 29.2 Å². The summed E-state index contributed by atoms with van der Waals surface area (Å²) in [6, 6.07) is 12.1. The lowest BCUT2D eigenvalue weighted by Crippen LogP contribution is -2.43. The fourth-order valence-electron chi connectivity index (χ4n) is 3.99. The molecule has 0 spiro atoms. The van der Waals surface area contributed by atoms with E-state index < -0.39 is 0 Å². The molecule has 1 saturated heterocycles. The van der Waals surface area contributed by atoms with Crippen molar-refractivity contribution >= 4 is 11.6 Å². The number of hydrogen-bond donors (Lipinski definition) is 0. The van der Waals surface area contributed by atoms with Crippen molar-refractivity contribution in [1.29, 1.82) is 0 Å². The van der Waals surface area contributed by atoms with Gasteiger partial charge in [-0.1, -0.05) is 12.1 Å². The van der Waals surface area contributed by atoms with Gasteiger partial charge >= 0.3 is 0 Å². The molecule has 2 aromatic carbocycles. The van der Waals surface area contributed by atoms with Crippen molar-refractivity contribution in [3.05, 3.63) is 42.0 Å². The summed E-state index contributed by atoms with van der Waals surface area (Å²) >= 11 is 0. The van der Waals surface area contributed by atoms with Crippen molar-refractivity contribution in [3.63, 3.8) is 0 Å². The number of fused-ring (bicyclic) bond motifs is 2. The van der Waals surface area contributed by atoms with Gasteiger partial charge in [0.05, 0.1) is 19.8 Å². The number of carbonyl (C=O) groups excluding carboxylic acids is 1. The molecule has 0 bridgehead atoms. The Labute approximate surface area is 169 Å². The van der Waals surface area contributed by atoms with E-state index in [2.05, 4.69) is 17.0 Å². The van der Waals surface area contributed by atoms with E-state index in [0.717, 1.165) is 66.7 Å². The standard InChI is InChI=1S/C22H24N2O5/c25-22-14-27-13-18-11-16(17-2-4-20-21(12-17)29-15-28-20)1-3-19(18)24(22)6-5-23-7-9-26-10-8-23/h1-4,11-12H,5-10,13-15H2. The molecule has 0 unspecified atom stereocenters. The predicted molar refractivity (Wildman–Crippen MR) is 107 cm³/mol. The van der Waals surface area contributed by atoms with Gasteiger partial charge in [0.2, 0.25) is 6.79 Å². The summed E-state index contributed by atoms with van der Waals surface area (Å²) in [5, 5.41) is 0. The van der Waals surface area contributed by atoms with Crippen molar-refractivity contribution < 1.29 is 23.7 Å². The van der Waals surface area contributed by atoms with Crippen molar-refractivity contribution in [3.8, 4) is 22.6 Å². The number of carbonyl (C=O) groups is 1. The van der Waals surface area contributed by atoms with Crippen molar-refractivity contribution in [1.82, 2.24) is 4.90 Å². The molecule has 3 aliphatic heterocycles. The molecule has 0 N–H and O–H groups in total. The first-order chi connectivity index (χ1) is 14.3.